The van der Waals surface area contributed by atoms with Crippen LogP contribution in [0.1, 0.15) is 16.2 Å². The van der Waals surface area contributed by atoms with Crippen molar-refractivity contribution in [3.8, 4) is 28.7 Å². The van der Waals surface area contributed by atoms with Gasteiger partial charge >= 0.3 is 5.97 Å². The lowest BCUT2D eigenvalue weighted by Crippen LogP contribution is -2.05. The van der Waals surface area contributed by atoms with Crippen LogP contribution in [0.5, 0.6) is 17.2 Å². The Labute approximate surface area is 154 Å². The number of esters is 1. The van der Waals surface area contributed by atoms with E-state index >= 15 is 0 Å². The van der Waals surface area contributed by atoms with E-state index in [9.17, 15) is 4.79 Å². The lowest BCUT2D eigenvalue weighted by molar-refractivity contribution is 0.0438. The summed E-state index contributed by atoms with van der Waals surface area (Å²) in [7, 11) is 4.54. The molecule has 0 amide bonds. The molecule has 0 aliphatic heterocycles. The number of ether oxygens (including phenoxy) is 4. The van der Waals surface area contributed by atoms with E-state index in [4.69, 9.17) is 23.4 Å². The predicted molar refractivity (Wildman–Crippen MR) is 92.7 cm³/mol. The molecule has 0 aliphatic carbocycles. The van der Waals surface area contributed by atoms with Crippen LogP contribution < -0.4 is 14.2 Å². The van der Waals surface area contributed by atoms with Crippen LogP contribution in [0.2, 0.25) is 0 Å². The molecule has 0 spiro atoms. The third-order valence-electron chi connectivity index (χ3n) is 3.62. The van der Waals surface area contributed by atoms with Crippen molar-refractivity contribution >= 4 is 5.97 Å². The molecule has 0 radical (unpaired) electrons. The normalized spacial score (nSPS) is 10.3. The summed E-state index contributed by atoms with van der Waals surface area (Å²) in [6, 6.07) is 6.47. The van der Waals surface area contributed by atoms with Crippen LogP contribution in [0, 0.1) is 0 Å². The highest BCUT2D eigenvalue weighted by molar-refractivity contribution is 5.89. The number of methoxy groups -OCH3 is 3. The monoisotopic (exact) mass is 371 g/mol. The first-order chi connectivity index (χ1) is 13.2. The summed E-state index contributed by atoms with van der Waals surface area (Å²) in [4.78, 5) is 15.8. The van der Waals surface area contributed by atoms with Crippen LogP contribution in [0.4, 0.5) is 0 Å². The van der Waals surface area contributed by atoms with E-state index < -0.39 is 5.97 Å². The molecule has 2 heterocycles. The van der Waals surface area contributed by atoms with E-state index in [2.05, 4.69) is 15.2 Å². The number of rotatable bonds is 7. The molecule has 0 bridgehead atoms. The molecule has 140 valence electrons. The minimum atomic E-state index is -0.509. The van der Waals surface area contributed by atoms with Gasteiger partial charge in [-0.1, -0.05) is 0 Å². The van der Waals surface area contributed by atoms with E-state index in [0.29, 0.717) is 28.4 Å². The molecule has 0 saturated carbocycles. The van der Waals surface area contributed by atoms with Crippen LogP contribution >= 0.6 is 0 Å². The molecule has 3 rings (SSSR count). The van der Waals surface area contributed by atoms with Crippen molar-refractivity contribution in [3.63, 3.8) is 0 Å². The Hall–Kier alpha value is -3.62. The topological polar surface area (TPSA) is 106 Å². The lowest BCUT2D eigenvalue weighted by atomic mass is 10.2. The Kier molecular flexibility index (Phi) is 5.50. The van der Waals surface area contributed by atoms with E-state index in [1.54, 1.807) is 24.3 Å². The van der Waals surface area contributed by atoms with Gasteiger partial charge in [0.2, 0.25) is 11.6 Å². The van der Waals surface area contributed by atoms with Gasteiger partial charge in [0.15, 0.2) is 18.1 Å². The van der Waals surface area contributed by atoms with Gasteiger partial charge in [0.25, 0.3) is 5.89 Å². The van der Waals surface area contributed by atoms with E-state index in [1.165, 1.54) is 33.7 Å². The predicted octanol–water partition coefficient (Wildman–Crippen LogP) is 2.51. The Morgan fingerprint density at radius 3 is 2.26 bits per heavy atom. The highest BCUT2D eigenvalue weighted by atomic mass is 16.5. The summed E-state index contributed by atoms with van der Waals surface area (Å²) in [6.45, 7) is -0.154. The second kappa shape index (κ2) is 8.17. The van der Waals surface area contributed by atoms with Crippen molar-refractivity contribution in [2.45, 2.75) is 6.61 Å². The second-order valence-electron chi connectivity index (χ2n) is 5.23. The molecule has 3 aromatic rings. The van der Waals surface area contributed by atoms with Crippen LogP contribution in [0.15, 0.2) is 41.1 Å². The Bertz CT molecular complexity index is 901. The van der Waals surface area contributed by atoms with Crippen molar-refractivity contribution in [3.05, 3.63) is 48.1 Å². The smallest absolute Gasteiger partial charge is 0.338 e. The van der Waals surface area contributed by atoms with Crippen LogP contribution in [-0.2, 0) is 11.3 Å². The number of hydrogen-bond donors (Lipinski definition) is 0. The molecule has 1 aromatic carbocycles. The molecule has 2 aromatic heterocycles. The van der Waals surface area contributed by atoms with Gasteiger partial charge in [0, 0.05) is 18.0 Å². The van der Waals surface area contributed by atoms with Gasteiger partial charge in [0.05, 0.1) is 26.9 Å². The molecule has 0 unspecified atom stereocenters. The highest BCUT2D eigenvalue weighted by Gasteiger charge is 2.18. The van der Waals surface area contributed by atoms with E-state index in [0.717, 1.165) is 0 Å². The maximum Gasteiger partial charge on any atom is 0.338 e. The molecule has 9 heteroatoms. The number of carbonyl (C=O) groups is 1. The largest absolute Gasteiger partial charge is 0.493 e. The third kappa shape index (κ3) is 3.97. The van der Waals surface area contributed by atoms with Crippen LogP contribution in [0.25, 0.3) is 11.5 Å². The summed E-state index contributed by atoms with van der Waals surface area (Å²) in [6.07, 6.45) is 3.01. The maximum absolute atomic E-state index is 11.9. The molecule has 0 N–H and O–H groups in total. The Morgan fingerprint density at radius 1 is 1.00 bits per heavy atom. The Morgan fingerprint density at radius 2 is 1.67 bits per heavy atom. The van der Waals surface area contributed by atoms with Crippen molar-refractivity contribution in [2.75, 3.05) is 21.3 Å². The van der Waals surface area contributed by atoms with Crippen LogP contribution in [-0.4, -0.2) is 42.5 Å². The summed E-state index contributed by atoms with van der Waals surface area (Å²) in [5.41, 5.74) is 0.957. The zero-order valence-electron chi connectivity index (χ0n) is 15.0. The minimum Gasteiger partial charge on any atom is -0.493 e. The first kappa shape index (κ1) is 18.2. The molecule has 9 nitrogen and oxygen atoms in total. The fourth-order valence-corrected chi connectivity index (χ4v) is 2.33. The third-order valence-corrected chi connectivity index (χ3v) is 3.62. The number of aromatic nitrogens is 3. The molecular weight excluding hydrogens is 354 g/mol. The lowest BCUT2D eigenvalue weighted by Gasteiger charge is -2.12. The average Bonchev–Trinajstić information content (AvgIpc) is 3.20. The maximum atomic E-state index is 11.9. The van der Waals surface area contributed by atoms with Gasteiger partial charge in [-0.3, -0.25) is 4.98 Å². The first-order valence-corrected chi connectivity index (χ1v) is 7.86. The van der Waals surface area contributed by atoms with E-state index in [1.807, 2.05) is 0 Å². The molecule has 0 atom stereocenters. The molecular formula is C18H17N3O6. The standard InChI is InChI=1S/C18H17N3O6/c1-23-13-8-12(9-14(24-2)16(13)25-3)17-21-20-15(27-17)10-26-18(22)11-4-6-19-7-5-11/h4-9H,10H2,1-3H3. The summed E-state index contributed by atoms with van der Waals surface area (Å²) in [5.74, 6) is 1.23. The van der Waals surface area contributed by atoms with Gasteiger partial charge < -0.3 is 23.4 Å². The van der Waals surface area contributed by atoms with Gasteiger partial charge in [-0.25, -0.2) is 4.79 Å². The van der Waals surface area contributed by atoms with Gasteiger partial charge in [-0.15, -0.1) is 10.2 Å². The van der Waals surface area contributed by atoms with Crippen LogP contribution in [0.3, 0.4) is 0 Å². The fraction of sp³-hybridized carbons (Fsp3) is 0.222. The number of pyridine rings is 1. The summed E-state index contributed by atoms with van der Waals surface area (Å²) < 4.78 is 26.6. The second-order valence-corrected chi connectivity index (χ2v) is 5.23. The molecule has 27 heavy (non-hydrogen) atoms. The number of carbonyl (C=O) groups excluding carboxylic acids is 1. The van der Waals surface area contributed by atoms with Gasteiger partial charge in [-0.2, -0.15) is 0 Å². The van der Waals surface area contributed by atoms with Crippen molar-refractivity contribution < 1.29 is 28.2 Å². The molecule has 0 saturated heterocycles. The molecule has 0 aliphatic rings. The zero-order chi connectivity index (χ0) is 19.2. The van der Waals surface area contributed by atoms with Gasteiger partial charge in [-0.05, 0) is 24.3 Å². The van der Waals surface area contributed by atoms with E-state index in [-0.39, 0.29) is 18.4 Å². The Balaban J connectivity index is 1.77. The summed E-state index contributed by atoms with van der Waals surface area (Å²) in [5, 5.41) is 7.87. The number of hydrogen-bond acceptors (Lipinski definition) is 9. The fourth-order valence-electron chi connectivity index (χ4n) is 2.33. The van der Waals surface area contributed by atoms with Crippen molar-refractivity contribution in [2.24, 2.45) is 0 Å². The quantitative estimate of drug-likeness (QED) is 0.579. The highest BCUT2D eigenvalue weighted by Crippen LogP contribution is 2.40. The zero-order valence-corrected chi connectivity index (χ0v) is 15.0. The minimum absolute atomic E-state index is 0.154. The molecule has 0 fully saturated rings. The van der Waals surface area contributed by atoms with Crippen molar-refractivity contribution in [1.82, 2.24) is 15.2 Å². The van der Waals surface area contributed by atoms with Gasteiger partial charge in [0.1, 0.15) is 0 Å². The van der Waals surface area contributed by atoms with Crippen molar-refractivity contribution in [1.29, 1.82) is 0 Å². The number of benzene rings is 1. The SMILES string of the molecule is COc1cc(-c2nnc(COC(=O)c3ccncc3)o2)cc(OC)c1OC. The first-order valence-electron chi connectivity index (χ1n) is 7.86. The average molecular weight is 371 g/mol. The number of nitrogens with zero attached hydrogens (tertiary/aromatic N) is 3. The summed E-state index contributed by atoms with van der Waals surface area (Å²) >= 11 is 0.